The summed E-state index contributed by atoms with van der Waals surface area (Å²) in [6.45, 7) is 2.57. The molecule has 15 heavy (non-hydrogen) atoms. The Hall–Kier alpha value is -0.610. The molecule has 0 aromatic rings. The summed E-state index contributed by atoms with van der Waals surface area (Å²) in [4.78, 5) is 11.5. The highest BCUT2D eigenvalue weighted by Crippen LogP contribution is 2.34. The van der Waals surface area contributed by atoms with Crippen molar-refractivity contribution in [3.05, 3.63) is 0 Å². The van der Waals surface area contributed by atoms with E-state index in [1.165, 1.54) is 0 Å². The maximum Gasteiger partial charge on any atom is 0.236 e. The molecule has 4 heteroatoms. The molecular weight excluding hydrogens is 192 g/mol. The maximum absolute atomic E-state index is 11.5. The van der Waals surface area contributed by atoms with Crippen molar-refractivity contribution < 1.29 is 9.53 Å². The minimum Gasteiger partial charge on any atom is -0.378 e. The minimum absolute atomic E-state index is 0.0347. The number of carbonyl (C=O) groups excluding carboxylic acids is 1. The van der Waals surface area contributed by atoms with Gasteiger partial charge >= 0.3 is 0 Å². The zero-order valence-electron chi connectivity index (χ0n) is 9.24. The van der Waals surface area contributed by atoms with Crippen LogP contribution in [0.4, 0.5) is 0 Å². The molecular formula is C11H20N2O2. The third-order valence-corrected chi connectivity index (χ3v) is 3.52. The van der Waals surface area contributed by atoms with E-state index in [-0.39, 0.29) is 11.9 Å². The van der Waals surface area contributed by atoms with Gasteiger partial charge in [0.05, 0.1) is 12.1 Å². The van der Waals surface area contributed by atoms with Gasteiger partial charge in [-0.1, -0.05) is 0 Å². The Labute approximate surface area is 90.5 Å². The lowest BCUT2D eigenvalue weighted by atomic mass is 9.81. The zero-order chi connectivity index (χ0) is 10.8. The van der Waals surface area contributed by atoms with Crippen LogP contribution in [-0.2, 0) is 9.53 Å². The third-order valence-electron chi connectivity index (χ3n) is 3.52. The van der Waals surface area contributed by atoms with E-state index < -0.39 is 6.04 Å². The second-order valence-electron chi connectivity index (χ2n) is 4.70. The first-order valence-corrected chi connectivity index (χ1v) is 5.86. The molecule has 1 aliphatic carbocycles. The lowest BCUT2D eigenvalue weighted by Gasteiger charge is -2.33. The molecule has 2 rings (SSSR count). The molecule has 3 N–H and O–H groups in total. The second-order valence-corrected chi connectivity index (χ2v) is 4.70. The van der Waals surface area contributed by atoms with Gasteiger partial charge in [-0.15, -0.1) is 0 Å². The summed E-state index contributed by atoms with van der Waals surface area (Å²) in [6, 6.07) is -0.127. The lowest BCUT2D eigenvalue weighted by molar-refractivity contribution is -0.123. The average molecular weight is 212 g/mol. The lowest BCUT2D eigenvalue weighted by Crippen LogP contribution is -2.50. The van der Waals surface area contributed by atoms with Gasteiger partial charge in [-0.2, -0.15) is 0 Å². The minimum atomic E-state index is -0.410. The fourth-order valence-electron chi connectivity index (χ4n) is 2.67. The van der Waals surface area contributed by atoms with E-state index in [9.17, 15) is 4.79 Å². The van der Waals surface area contributed by atoms with Crippen LogP contribution >= 0.6 is 0 Å². The van der Waals surface area contributed by atoms with E-state index in [1.807, 2.05) is 0 Å². The molecule has 0 bridgehead atoms. The van der Waals surface area contributed by atoms with Gasteiger partial charge in [0.1, 0.15) is 0 Å². The number of amides is 1. The van der Waals surface area contributed by atoms with Crippen LogP contribution in [-0.4, -0.2) is 30.7 Å². The molecule has 4 atom stereocenters. The van der Waals surface area contributed by atoms with Gasteiger partial charge in [-0.05, 0) is 32.6 Å². The van der Waals surface area contributed by atoms with Crippen molar-refractivity contribution in [3.63, 3.8) is 0 Å². The molecule has 2 aliphatic rings. The van der Waals surface area contributed by atoms with Crippen molar-refractivity contribution in [2.75, 3.05) is 6.61 Å². The van der Waals surface area contributed by atoms with Crippen molar-refractivity contribution >= 4 is 5.91 Å². The molecule has 2 fully saturated rings. The van der Waals surface area contributed by atoms with Crippen LogP contribution < -0.4 is 11.1 Å². The van der Waals surface area contributed by atoms with Gasteiger partial charge in [0.15, 0.2) is 0 Å². The molecule has 86 valence electrons. The van der Waals surface area contributed by atoms with Gasteiger partial charge in [0, 0.05) is 18.6 Å². The van der Waals surface area contributed by atoms with E-state index in [0.29, 0.717) is 12.0 Å². The van der Waals surface area contributed by atoms with Crippen LogP contribution in [0.2, 0.25) is 0 Å². The first kappa shape index (κ1) is 10.9. The molecule has 1 saturated carbocycles. The van der Waals surface area contributed by atoms with Crippen LogP contribution in [0.3, 0.4) is 0 Å². The molecule has 0 spiro atoms. The molecule has 1 saturated heterocycles. The Kier molecular flexibility index (Phi) is 3.26. The largest absolute Gasteiger partial charge is 0.378 e. The molecule has 1 heterocycles. The standard InChI is InChI=1S/C11H20N2O2/c1-7(12)11(14)13-9-3-2-4-10-8(9)5-6-15-10/h7-10H,2-6,12H2,1H3,(H,13,14)/t7-,8?,9?,10?/m0/s1. The first-order chi connectivity index (χ1) is 7.18. The number of carbonyl (C=O) groups is 1. The molecule has 1 amide bonds. The zero-order valence-corrected chi connectivity index (χ0v) is 9.24. The third kappa shape index (κ3) is 2.32. The van der Waals surface area contributed by atoms with Crippen molar-refractivity contribution in [1.82, 2.24) is 5.32 Å². The summed E-state index contributed by atoms with van der Waals surface area (Å²) in [6.07, 6.45) is 4.81. The molecule has 0 aromatic heterocycles. The quantitative estimate of drug-likeness (QED) is 0.696. The normalized spacial score (nSPS) is 37.1. The van der Waals surface area contributed by atoms with Crippen molar-refractivity contribution in [3.8, 4) is 0 Å². The molecule has 4 nitrogen and oxygen atoms in total. The molecule has 3 unspecified atom stereocenters. The summed E-state index contributed by atoms with van der Waals surface area (Å²) in [7, 11) is 0. The summed E-state index contributed by atoms with van der Waals surface area (Å²) >= 11 is 0. The van der Waals surface area contributed by atoms with Crippen molar-refractivity contribution in [1.29, 1.82) is 0 Å². The highest BCUT2D eigenvalue weighted by atomic mass is 16.5. The number of nitrogens with two attached hydrogens (primary N) is 1. The number of ether oxygens (including phenoxy) is 1. The van der Waals surface area contributed by atoms with Gasteiger partial charge in [-0.3, -0.25) is 4.79 Å². The van der Waals surface area contributed by atoms with E-state index in [1.54, 1.807) is 6.92 Å². The SMILES string of the molecule is C[C@H](N)C(=O)NC1CCCC2OCCC12. The predicted molar refractivity (Wildman–Crippen MR) is 57.3 cm³/mol. The Balaban J connectivity index is 1.93. The molecule has 0 aromatic carbocycles. The van der Waals surface area contributed by atoms with E-state index in [4.69, 9.17) is 10.5 Å². The highest BCUT2D eigenvalue weighted by molar-refractivity contribution is 5.81. The number of hydrogen-bond acceptors (Lipinski definition) is 3. The second kappa shape index (κ2) is 4.49. The van der Waals surface area contributed by atoms with E-state index in [2.05, 4.69) is 5.32 Å². The number of fused-ring (bicyclic) bond motifs is 1. The van der Waals surface area contributed by atoms with Crippen LogP contribution in [0.5, 0.6) is 0 Å². The van der Waals surface area contributed by atoms with E-state index in [0.717, 1.165) is 32.3 Å². The smallest absolute Gasteiger partial charge is 0.236 e. The van der Waals surface area contributed by atoms with Gasteiger partial charge < -0.3 is 15.8 Å². The number of rotatable bonds is 2. The summed E-state index contributed by atoms with van der Waals surface area (Å²) < 4.78 is 5.65. The highest BCUT2D eigenvalue weighted by Gasteiger charge is 2.38. The van der Waals surface area contributed by atoms with Crippen LogP contribution in [0.25, 0.3) is 0 Å². The van der Waals surface area contributed by atoms with Crippen LogP contribution in [0.1, 0.15) is 32.6 Å². The summed E-state index contributed by atoms with van der Waals surface area (Å²) in [5, 5.41) is 3.05. The van der Waals surface area contributed by atoms with Crippen LogP contribution in [0.15, 0.2) is 0 Å². The fraction of sp³-hybridized carbons (Fsp3) is 0.909. The summed E-state index contributed by atoms with van der Waals surface area (Å²) in [5.74, 6) is 0.481. The average Bonchev–Trinajstić information content (AvgIpc) is 2.66. The Morgan fingerprint density at radius 3 is 3.00 bits per heavy atom. The van der Waals surface area contributed by atoms with E-state index >= 15 is 0 Å². The molecule has 0 radical (unpaired) electrons. The Morgan fingerprint density at radius 2 is 2.27 bits per heavy atom. The predicted octanol–water partition coefficient (Wildman–Crippen LogP) is 0.407. The number of nitrogens with one attached hydrogen (secondary N) is 1. The molecule has 1 aliphatic heterocycles. The van der Waals surface area contributed by atoms with Crippen molar-refractivity contribution in [2.45, 2.75) is 50.8 Å². The number of hydrogen-bond donors (Lipinski definition) is 2. The monoisotopic (exact) mass is 212 g/mol. The first-order valence-electron chi connectivity index (χ1n) is 5.86. The summed E-state index contributed by atoms with van der Waals surface area (Å²) in [5.41, 5.74) is 5.55. The van der Waals surface area contributed by atoms with Gasteiger partial charge in [0.2, 0.25) is 5.91 Å². The fourth-order valence-corrected chi connectivity index (χ4v) is 2.67. The maximum atomic E-state index is 11.5. The van der Waals surface area contributed by atoms with Gasteiger partial charge in [-0.25, -0.2) is 0 Å². The Morgan fingerprint density at radius 1 is 1.47 bits per heavy atom. The van der Waals surface area contributed by atoms with Crippen LogP contribution in [0, 0.1) is 5.92 Å². The van der Waals surface area contributed by atoms with Gasteiger partial charge in [0.25, 0.3) is 0 Å². The Bertz CT molecular complexity index is 243. The topological polar surface area (TPSA) is 64.4 Å². The van der Waals surface area contributed by atoms with Crippen molar-refractivity contribution in [2.24, 2.45) is 11.7 Å².